The molecule has 0 bridgehead atoms. The molecule has 0 aliphatic rings. The monoisotopic (exact) mass is 444 g/mol. The lowest BCUT2D eigenvalue weighted by atomic mass is 10.1. The molecule has 0 spiro atoms. The zero-order chi connectivity index (χ0) is 22.4. The van der Waals surface area contributed by atoms with Crippen molar-refractivity contribution >= 4 is 22.0 Å². The van der Waals surface area contributed by atoms with Gasteiger partial charge in [0.15, 0.2) is 0 Å². The Bertz CT molecular complexity index is 1130. The summed E-state index contributed by atoms with van der Waals surface area (Å²) in [6.45, 7) is 0.170. The maximum Gasteiger partial charge on any atom is 0.337 e. The van der Waals surface area contributed by atoms with E-state index in [0.717, 1.165) is 26.4 Å². The Morgan fingerprint density at radius 3 is 2.16 bits per heavy atom. The molecule has 3 aromatic rings. The quantitative estimate of drug-likeness (QED) is 0.518. The minimum Gasteiger partial charge on any atom is -0.465 e. The summed E-state index contributed by atoms with van der Waals surface area (Å²) in [5.41, 5.74) is 0.496. The zero-order valence-electron chi connectivity index (χ0n) is 16.8. The van der Waals surface area contributed by atoms with E-state index in [-0.39, 0.29) is 22.6 Å². The van der Waals surface area contributed by atoms with Gasteiger partial charge in [-0.05, 0) is 23.8 Å². The highest BCUT2D eigenvalue weighted by atomic mass is 32.2. The van der Waals surface area contributed by atoms with Crippen molar-refractivity contribution in [3.63, 3.8) is 0 Å². The topological polar surface area (TPSA) is 129 Å². The Balaban J connectivity index is 2.01. The molecule has 162 valence electrons. The first-order chi connectivity index (χ1) is 14.8. The first-order valence-electron chi connectivity index (χ1n) is 9.05. The van der Waals surface area contributed by atoms with Crippen molar-refractivity contribution in [3.8, 4) is 0 Å². The van der Waals surface area contributed by atoms with E-state index >= 15 is 0 Å². The third-order valence-corrected chi connectivity index (χ3v) is 5.85. The van der Waals surface area contributed by atoms with Crippen LogP contribution in [0.15, 0.2) is 66.1 Å². The Morgan fingerprint density at radius 1 is 1.03 bits per heavy atom. The number of ether oxygens (including phenoxy) is 2. The number of carbonyl (C=O) groups is 2. The number of hydrogen-bond donors (Lipinski definition) is 1. The first kappa shape index (κ1) is 22.1. The number of esters is 2. The van der Waals surface area contributed by atoms with Crippen LogP contribution < -0.4 is 4.72 Å². The van der Waals surface area contributed by atoms with Gasteiger partial charge >= 0.3 is 11.9 Å². The highest BCUT2D eigenvalue weighted by Crippen LogP contribution is 2.22. The molecule has 0 aliphatic heterocycles. The van der Waals surface area contributed by atoms with Crippen LogP contribution in [0, 0.1) is 0 Å². The smallest absolute Gasteiger partial charge is 0.337 e. The summed E-state index contributed by atoms with van der Waals surface area (Å²) < 4.78 is 39.9. The summed E-state index contributed by atoms with van der Waals surface area (Å²) in [5.74, 6) is -1.58. The molecule has 1 atom stereocenters. The molecule has 0 saturated heterocycles. The minimum atomic E-state index is -4.17. The van der Waals surface area contributed by atoms with E-state index in [1.54, 1.807) is 24.3 Å². The van der Waals surface area contributed by atoms with Gasteiger partial charge in [0.05, 0.1) is 42.8 Å². The largest absolute Gasteiger partial charge is 0.465 e. The summed E-state index contributed by atoms with van der Waals surface area (Å²) >= 11 is 0. The molecule has 0 saturated carbocycles. The van der Waals surface area contributed by atoms with Gasteiger partial charge in [-0.2, -0.15) is 5.10 Å². The molecule has 10 nitrogen and oxygen atoms in total. The van der Waals surface area contributed by atoms with Crippen LogP contribution in [0.3, 0.4) is 0 Å². The molecular weight excluding hydrogens is 424 g/mol. The van der Waals surface area contributed by atoms with Crippen LogP contribution in [0.1, 0.15) is 32.3 Å². The van der Waals surface area contributed by atoms with Crippen molar-refractivity contribution in [1.82, 2.24) is 19.5 Å². The van der Waals surface area contributed by atoms with Crippen LogP contribution >= 0.6 is 0 Å². The normalized spacial score (nSPS) is 12.2. The molecule has 1 aromatic heterocycles. The lowest BCUT2D eigenvalue weighted by Crippen LogP contribution is -2.32. The third-order valence-electron chi connectivity index (χ3n) is 4.39. The van der Waals surface area contributed by atoms with Gasteiger partial charge in [-0.25, -0.2) is 27.7 Å². The van der Waals surface area contributed by atoms with Crippen molar-refractivity contribution in [2.24, 2.45) is 0 Å². The molecule has 0 aliphatic carbocycles. The predicted molar refractivity (Wildman–Crippen MR) is 109 cm³/mol. The van der Waals surface area contributed by atoms with Gasteiger partial charge in [-0.1, -0.05) is 30.3 Å². The number of sulfonamides is 1. The van der Waals surface area contributed by atoms with E-state index in [1.807, 2.05) is 6.07 Å². The van der Waals surface area contributed by atoms with Crippen LogP contribution in [0.5, 0.6) is 0 Å². The van der Waals surface area contributed by atoms with E-state index in [1.165, 1.54) is 23.4 Å². The molecule has 0 fully saturated rings. The number of nitrogens with zero attached hydrogens (tertiary/aromatic N) is 3. The van der Waals surface area contributed by atoms with Crippen LogP contribution in [0.25, 0.3) is 0 Å². The number of methoxy groups -OCH3 is 2. The highest BCUT2D eigenvalue weighted by molar-refractivity contribution is 7.89. The molecule has 0 radical (unpaired) electrons. The Kier molecular flexibility index (Phi) is 6.78. The summed E-state index contributed by atoms with van der Waals surface area (Å²) in [6, 6.07) is 11.7. The van der Waals surface area contributed by atoms with Crippen LogP contribution in [0.4, 0.5) is 0 Å². The summed E-state index contributed by atoms with van der Waals surface area (Å²) in [7, 11) is -1.85. The van der Waals surface area contributed by atoms with Crippen LogP contribution in [0.2, 0.25) is 0 Å². The number of hydrogen-bond acceptors (Lipinski definition) is 8. The second-order valence-electron chi connectivity index (χ2n) is 6.43. The summed E-state index contributed by atoms with van der Waals surface area (Å²) in [5, 5.41) is 4.03. The fourth-order valence-corrected chi connectivity index (χ4v) is 4.18. The predicted octanol–water partition coefficient (Wildman–Crippen LogP) is 1.57. The van der Waals surface area contributed by atoms with Gasteiger partial charge in [-0.3, -0.25) is 4.68 Å². The first-order valence-corrected chi connectivity index (χ1v) is 10.5. The summed E-state index contributed by atoms with van der Waals surface area (Å²) in [4.78, 5) is 27.6. The molecular formula is C20H20N4O6S. The Labute approximate surface area is 178 Å². The Morgan fingerprint density at radius 2 is 1.65 bits per heavy atom. The molecule has 3 rings (SSSR count). The molecule has 0 amide bonds. The second kappa shape index (κ2) is 9.49. The van der Waals surface area contributed by atoms with E-state index in [2.05, 4.69) is 24.3 Å². The Hall–Kier alpha value is -3.57. The molecule has 1 heterocycles. The van der Waals surface area contributed by atoms with Gasteiger partial charge < -0.3 is 9.47 Å². The van der Waals surface area contributed by atoms with Crippen molar-refractivity contribution < 1.29 is 27.5 Å². The minimum absolute atomic E-state index is 0.0988. The van der Waals surface area contributed by atoms with Gasteiger partial charge in [0.25, 0.3) is 0 Å². The molecule has 2 aromatic carbocycles. The van der Waals surface area contributed by atoms with Gasteiger partial charge in [0, 0.05) is 0 Å². The average molecular weight is 444 g/mol. The van der Waals surface area contributed by atoms with E-state index < -0.39 is 28.0 Å². The van der Waals surface area contributed by atoms with Crippen molar-refractivity contribution in [2.75, 3.05) is 14.2 Å². The van der Waals surface area contributed by atoms with Gasteiger partial charge in [-0.15, -0.1) is 0 Å². The number of rotatable bonds is 8. The zero-order valence-corrected chi connectivity index (χ0v) is 17.6. The van der Waals surface area contributed by atoms with E-state index in [9.17, 15) is 18.0 Å². The SMILES string of the molecule is COC(=O)c1cc(C(=O)OC)cc(S(=O)(=O)NC(Cn2cncn2)c2ccccc2)c1. The van der Waals surface area contributed by atoms with Crippen molar-refractivity contribution in [1.29, 1.82) is 0 Å². The number of aromatic nitrogens is 3. The third kappa shape index (κ3) is 5.32. The molecule has 1 N–H and O–H groups in total. The lowest BCUT2D eigenvalue weighted by Gasteiger charge is -2.19. The van der Waals surface area contributed by atoms with Crippen molar-refractivity contribution in [2.45, 2.75) is 17.5 Å². The lowest BCUT2D eigenvalue weighted by molar-refractivity contribution is 0.0598. The fraction of sp³-hybridized carbons (Fsp3) is 0.200. The second-order valence-corrected chi connectivity index (χ2v) is 8.15. The number of nitrogens with one attached hydrogen (secondary N) is 1. The standard InChI is InChI=1S/C20H20N4O6S/c1-29-19(25)15-8-16(20(26)30-2)10-17(9-15)31(27,28)23-18(11-24-13-21-12-22-24)14-6-4-3-5-7-14/h3-10,12-13,18,23H,11H2,1-2H3. The number of carbonyl (C=O) groups excluding carboxylic acids is 2. The van der Waals surface area contributed by atoms with Gasteiger partial charge in [0.1, 0.15) is 12.7 Å². The average Bonchev–Trinajstić information content (AvgIpc) is 3.30. The van der Waals surface area contributed by atoms with Crippen LogP contribution in [-0.2, 0) is 26.0 Å². The maximum atomic E-state index is 13.2. The maximum absolute atomic E-state index is 13.2. The molecule has 1 unspecified atom stereocenters. The van der Waals surface area contributed by atoms with E-state index in [4.69, 9.17) is 0 Å². The molecule has 11 heteroatoms. The van der Waals surface area contributed by atoms with Gasteiger partial charge in [0.2, 0.25) is 10.0 Å². The summed E-state index contributed by atoms with van der Waals surface area (Å²) in [6.07, 6.45) is 2.82. The molecule has 31 heavy (non-hydrogen) atoms. The number of benzene rings is 2. The highest BCUT2D eigenvalue weighted by Gasteiger charge is 2.25. The van der Waals surface area contributed by atoms with E-state index in [0.29, 0.717) is 5.56 Å². The fourth-order valence-electron chi connectivity index (χ4n) is 2.89. The van der Waals surface area contributed by atoms with Crippen molar-refractivity contribution in [3.05, 3.63) is 77.9 Å². The van der Waals surface area contributed by atoms with Crippen LogP contribution in [-0.4, -0.2) is 49.3 Å².